The van der Waals surface area contributed by atoms with E-state index < -0.39 is 0 Å². The van der Waals surface area contributed by atoms with Crippen LogP contribution in [0.5, 0.6) is 0 Å². The number of nitrogens with zero attached hydrogens (tertiary/aromatic N) is 1. The number of guanidine groups is 1. The van der Waals surface area contributed by atoms with Gasteiger partial charge in [-0.2, -0.15) is 0 Å². The quantitative estimate of drug-likeness (QED) is 0.450. The smallest absolute Gasteiger partial charge is 0.188 e. The van der Waals surface area contributed by atoms with E-state index in [9.17, 15) is 5.11 Å². The average molecular weight is 201 g/mol. The summed E-state index contributed by atoms with van der Waals surface area (Å²) in [5, 5.41) is 12.4. The minimum atomic E-state index is -0.372. The zero-order valence-corrected chi connectivity index (χ0v) is 9.62. The summed E-state index contributed by atoms with van der Waals surface area (Å²) in [6.45, 7) is 9.28. The van der Waals surface area contributed by atoms with E-state index in [-0.39, 0.29) is 12.0 Å². The summed E-state index contributed by atoms with van der Waals surface area (Å²) < 4.78 is 0. The lowest BCUT2D eigenvalue weighted by Gasteiger charge is -2.15. The number of aliphatic imine (C=N–C) groups is 1. The largest absolute Gasteiger partial charge is 0.391 e. The van der Waals surface area contributed by atoms with E-state index in [2.05, 4.69) is 24.2 Å². The van der Waals surface area contributed by atoms with Gasteiger partial charge in [0.2, 0.25) is 0 Å². The van der Waals surface area contributed by atoms with E-state index in [1.807, 2.05) is 13.8 Å². The molecule has 0 spiro atoms. The standard InChI is InChI=1S/C10H23N3O/c1-7(2)5-12-10(11)13-6-9(14)8(3)4/h7-9,14H,5-6H2,1-4H3,(H3,11,12,13). The summed E-state index contributed by atoms with van der Waals surface area (Å²) in [6.07, 6.45) is -0.372. The summed E-state index contributed by atoms with van der Waals surface area (Å²) in [4.78, 5) is 4.13. The van der Waals surface area contributed by atoms with Crippen LogP contribution in [-0.4, -0.2) is 30.3 Å². The molecule has 0 rings (SSSR count). The predicted molar refractivity (Wildman–Crippen MR) is 60.2 cm³/mol. The maximum absolute atomic E-state index is 9.48. The van der Waals surface area contributed by atoms with Gasteiger partial charge in [-0.05, 0) is 11.8 Å². The first kappa shape index (κ1) is 13.2. The monoisotopic (exact) mass is 201 g/mol. The number of hydrogen-bond acceptors (Lipinski definition) is 2. The fourth-order valence-corrected chi connectivity index (χ4v) is 0.782. The third-order valence-electron chi connectivity index (χ3n) is 1.89. The molecule has 4 N–H and O–H groups in total. The van der Waals surface area contributed by atoms with Crippen LogP contribution in [0.2, 0.25) is 0 Å². The fourth-order valence-electron chi connectivity index (χ4n) is 0.782. The molecule has 0 bridgehead atoms. The van der Waals surface area contributed by atoms with E-state index in [0.29, 0.717) is 18.4 Å². The summed E-state index contributed by atoms with van der Waals surface area (Å²) >= 11 is 0. The van der Waals surface area contributed by atoms with E-state index in [1.165, 1.54) is 0 Å². The lowest BCUT2D eigenvalue weighted by Crippen LogP contribution is -2.39. The minimum Gasteiger partial charge on any atom is -0.391 e. The Morgan fingerprint density at radius 1 is 1.36 bits per heavy atom. The third kappa shape index (κ3) is 6.71. The fraction of sp³-hybridized carbons (Fsp3) is 0.900. The van der Waals surface area contributed by atoms with Crippen LogP contribution in [0, 0.1) is 11.8 Å². The van der Waals surface area contributed by atoms with Gasteiger partial charge in [0, 0.05) is 13.1 Å². The Morgan fingerprint density at radius 3 is 2.36 bits per heavy atom. The van der Waals surface area contributed by atoms with Gasteiger partial charge in [0.1, 0.15) is 0 Å². The molecule has 84 valence electrons. The number of rotatable bonds is 5. The SMILES string of the molecule is CC(C)CN=C(N)NCC(O)C(C)C. The van der Waals surface area contributed by atoms with Crippen molar-refractivity contribution in [1.82, 2.24) is 5.32 Å². The van der Waals surface area contributed by atoms with E-state index in [1.54, 1.807) is 0 Å². The summed E-state index contributed by atoms with van der Waals surface area (Å²) in [7, 11) is 0. The normalized spacial score (nSPS) is 14.9. The Morgan fingerprint density at radius 2 is 1.93 bits per heavy atom. The Labute approximate surface area is 86.6 Å². The molecular weight excluding hydrogens is 178 g/mol. The van der Waals surface area contributed by atoms with Crippen molar-refractivity contribution in [3.63, 3.8) is 0 Å². The molecule has 0 aromatic carbocycles. The van der Waals surface area contributed by atoms with Gasteiger partial charge in [-0.25, -0.2) is 0 Å². The molecule has 1 unspecified atom stereocenters. The minimum absolute atomic E-state index is 0.236. The van der Waals surface area contributed by atoms with Crippen LogP contribution in [0.4, 0.5) is 0 Å². The highest BCUT2D eigenvalue weighted by molar-refractivity contribution is 5.77. The molecule has 0 aromatic rings. The first-order valence-corrected chi connectivity index (χ1v) is 5.15. The van der Waals surface area contributed by atoms with Crippen molar-refractivity contribution in [2.75, 3.05) is 13.1 Å². The van der Waals surface area contributed by atoms with Crippen LogP contribution in [0.3, 0.4) is 0 Å². The molecule has 0 amide bonds. The lowest BCUT2D eigenvalue weighted by molar-refractivity contribution is 0.129. The Hall–Kier alpha value is -0.770. The van der Waals surface area contributed by atoms with Crippen molar-refractivity contribution in [2.45, 2.75) is 33.8 Å². The number of nitrogens with one attached hydrogen (secondary N) is 1. The van der Waals surface area contributed by atoms with Crippen molar-refractivity contribution < 1.29 is 5.11 Å². The first-order valence-electron chi connectivity index (χ1n) is 5.15. The molecule has 14 heavy (non-hydrogen) atoms. The van der Waals surface area contributed by atoms with Gasteiger partial charge in [0.25, 0.3) is 0 Å². The molecule has 1 atom stereocenters. The van der Waals surface area contributed by atoms with Gasteiger partial charge in [-0.3, -0.25) is 4.99 Å². The maximum atomic E-state index is 9.48. The first-order chi connectivity index (χ1) is 6.43. The second-order valence-electron chi connectivity index (χ2n) is 4.31. The number of nitrogens with two attached hydrogens (primary N) is 1. The van der Waals surface area contributed by atoms with E-state index >= 15 is 0 Å². The summed E-state index contributed by atoms with van der Waals surface area (Å²) in [5.74, 6) is 1.16. The van der Waals surface area contributed by atoms with Crippen molar-refractivity contribution in [2.24, 2.45) is 22.6 Å². The molecule has 0 aliphatic carbocycles. The highest BCUT2D eigenvalue weighted by Gasteiger charge is 2.08. The molecule has 0 radical (unpaired) electrons. The second kappa shape index (κ2) is 6.65. The topological polar surface area (TPSA) is 70.6 Å². The van der Waals surface area contributed by atoms with Crippen LogP contribution < -0.4 is 11.1 Å². The number of aliphatic hydroxyl groups is 1. The highest BCUT2D eigenvalue weighted by atomic mass is 16.3. The molecule has 4 nitrogen and oxygen atoms in total. The molecule has 4 heteroatoms. The highest BCUT2D eigenvalue weighted by Crippen LogP contribution is 1.98. The van der Waals surface area contributed by atoms with Crippen molar-refractivity contribution in [1.29, 1.82) is 0 Å². The number of aliphatic hydroxyl groups excluding tert-OH is 1. The molecule has 0 heterocycles. The summed E-state index contributed by atoms with van der Waals surface area (Å²) in [6, 6.07) is 0. The number of hydrogen-bond donors (Lipinski definition) is 3. The van der Waals surface area contributed by atoms with E-state index in [0.717, 1.165) is 6.54 Å². The molecule has 0 fully saturated rings. The van der Waals surface area contributed by atoms with Crippen LogP contribution in [0.1, 0.15) is 27.7 Å². The molecule has 0 aliphatic heterocycles. The zero-order valence-electron chi connectivity index (χ0n) is 9.62. The van der Waals surface area contributed by atoms with Gasteiger partial charge in [0.05, 0.1) is 6.10 Å². The zero-order chi connectivity index (χ0) is 11.1. The van der Waals surface area contributed by atoms with Gasteiger partial charge < -0.3 is 16.2 Å². The lowest BCUT2D eigenvalue weighted by atomic mass is 10.1. The predicted octanol–water partition coefficient (Wildman–Crippen LogP) is 0.564. The van der Waals surface area contributed by atoms with E-state index in [4.69, 9.17) is 5.73 Å². The Balaban J connectivity index is 3.72. The summed E-state index contributed by atoms with van der Waals surface area (Å²) in [5.41, 5.74) is 5.60. The molecule has 0 aromatic heterocycles. The van der Waals surface area contributed by atoms with Crippen LogP contribution in [0.25, 0.3) is 0 Å². The maximum Gasteiger partial charge on any atom is 0.188 e. The molecule has 0 aliphatic rings. The van der Waals surface area contributed by atoms with Gasteiger partial charge in [-0.1, -0.05) is 27.7 Å². The van der Waals surface area contributed by atoms with Gasteiger partial charge >= 0.3 is 0 Å². The van der Waals surface area contributed by atoms with Gasteiger partial charge in [0.15, 0.2) is 5.96 Å². The Bertz CT molecular complexity index is 178. The molecule has 0 saturated heterocycles. The van der Waals surface area contributed by atoms with Crippen molar-refractivity contribution in [3.8, 4) is 0 Å². The molecular formula is C10H23N3O. The molecule has 0 saturated carbocycles. The Kier molecular flexibility index (Phi) is 6.28. The second-order valence-corrected chi connectivity index (χ2v) is 4.31. The van der Waals surface area contributed by atoms with Crippen LogP contribution in [-0.2, 0) is 0 Å². The van der Waals surface area contributed by atoms with Crippen LogP contribution in [0.15, 0.2) is 4.99 Å². The average Bonchev–Trinajstić information content (AvgIpc) is 2.10. The van der Waals surface area contributed by atoms with Crippen molar-refractivity contribution in [3.05, 3.63) is 0 Å². The van der Waals surface area contributed by atoms with Crippen molar-refractivity contribution >= 4 is 5.96 Å². The third-order valence-corrected chi connectivity index (χ3v) is 1.89. The van der Waals surface area contributed by atoms with Crippen LogP contribution >= 0.6 is 0 Å². The van der Waals surface area contributed by atoms with Gasteiger partial charge in [-0.15, -0.1) is 0 Å².